The molecule has 2 rings (SSSR count). The lowest BCUT2D eigenvalue weighted by Crippen LogP contribution is -2.41. The van der Waals surface area contributed by atoms with Crippen molar-refractivity contribution in [3.8, 4) is 0 Å². The summed E-state index contributed by atoms with van der Waals surface area (Å²) in [5, 5.41) is 8.42. The van der Waals surface area contributed by atoms with Gasteiger partial charge >= 0.3 is 5.97 Å². The standard InChI is InChI=1S/C13H19NO5S/c1-2-9-5-3-4-6-10(9)14-20(17,18)12-8-7-11(19-12)13(15)16/h7-10,14H,2-6H2,1H3,(H,15,16). The monoisotopic (exact) mass is 301 g/mol. The first-order valence-corrected chi connectivity index (χ1v) is 8.28. The van der Waals surface area contributed by atoms with Crippen molar-refractivity contribution < 1.29 is 22.7 Å². The molecule has 20 heavy (non-hydrogen) atoms. The van der Waals surface area contributed by atoms with Crippen LogP contribution in [0.1, 0.15) is 49.6 Å². The Hall–Kier alpha value is -1.34. The Morgan fingerprint density at radius 3 is 2.70 bits per heavy atom. The maximum Gasteiger partial charge on any atom is 0.371 e. The molecule has 2 N–H and O–H groups in total. The van der Waals surface area contributed by atoms with Gasteiger partial charge in [-0.15, -0.1) is 0 Å². The Kier molecular flexibility index (Phi) is 4.49. The highest BCUT2D eigenvalue weighted by Crippen LogP contribution is 2.28. The van der Waals surface area contributed by atoms with Crippen molar-refractivity contribution in [1.29, 1.82) is 0 Å². The fourth-order valence-electron chi connectivity index (χ4n) is 2.69. The normalized spacial score (nSPS) is 23.6. The van der Waals surface area contributed by atoms with E-state index >= 15 is 0 Å². The highest BCUT2D eigenvalue weighted by atomic mass is 32.2. The third-order valence-corrected chi connectivity index (χ3v) is 5.16. The average molecular weight is 301 g/mol. The molecule has 7 heteroatoms. The molecule has 1 aromatic heterocycles. The second-order valence-electron chi connectivity index (χ2n) is 5.10. The fourth-order valence-corrected chi connectivity index (χ4v) is 3.96. The van der Waals surface area contributed by atoms with Gasteiger partial charge in [0.25, 0.3) is 10.0 Å². The highest BCUT2D eigenvalue weighted by Gasteiger charge is 2.30. The summed E-state index contributed by atoms with van der Waals surface area (Å²) in [4.78, 5) is 10.7. The van der Waals surface area contributed by atoms with Crippen LogP contribution in [0.3, 0.4) is 0 Å². The number of hydrogen-bond donors (Lipinski definition) is 2. The maximum absolute atomic E-state index is 12.2. The van der Waals surface area contributed by atoms with Crippen LogP contribution in [0.2, 0.25) is 0 Å². The molecule has 0 spiro atoms. The molecule has 0 radical (unpaired) electrons. The number of carboxylic acid groups (broad SMARTS) is 1. The van der Waals surface area contributed by atoms with Gasteiger partial charge in [0, 0.05) is 6.04 Å². The van der Waals surface area contributed by atoms with Gasteiger partial charge in [-0.25, -0.2) is 17.9 Å². The van der Waals surface area contributed by atoms with Gasteiger partial charge in [-0.3, -0.25) is 0 Å². The van der Waals surface area contributed by atoms with E-state index in [1.807, 2.05) is 6.92 Å². The van der Waals surface area contributed by atoms with E-state index in [4.69, 9.17) is 9.52 Å². The van der Waals surface area contributed by atoms with Crippen molar-refractivity contribution in [2.24, 2.45) is 5.92 Å². The average Bonchev–Trinajstić information content (AvgIpc) is 2.89. The molecular weight excluding hydrogens is 282 g/mol. The number of carbonyl (C=O) groups is 1. The van der Waals surface area contributed by atoms with E-state index < -0.39 is 16.0 Å². The Bertz CT molecular complexity index is 577. The number of rotatable bonds is 5. The van der Waals surface area contributed by atoms with Gasteiger partial charge in [-0.2, -0.15) is 0 Å². The molecule has 2 atom stereocenters. The van der Waals surface area contributed by atoms with Gasteiger partial charge in [0.05, 0.1) is 0 Å². The van der Waals surface area contributed by atoms with Crippen LogP contribution in [0.25, 0.3) is 0 Å². The molecular formula is C13H19NO5S. The summed E-state index contributed by atoms with van der Waals surface area (Å²) in [6.45, 7) is 2.05. The van der Waals surface area contributed by atoms with Crippen LogP contribution in [0.5, 0.6) is 0 Å². The first kappa shape index (κ1) is 15.1. The zero-order chi connectivity index (χ0) is 14.8. The van der Waals surface area contributed by atoms with Crippen LogP contribution >= 0.6 is 0 Å². The van der Waals surface area contributed by atoms with E-state index in [2.05, 4.69) is 4.72 Å². The van der Waals surface area contributed by atoms with Gasteiger partial charge in [0.2, 0.25) is 10.9 Å². The van der Waals surface area contributed by atoms with Crippen LogP contribution in [-0.4, -0.2) is 25.5 Å². The molecule has 2 unspecified atom stereocenters. The minimum atomic E-state index is -3.80. The van der Waals surface area contributed by atoms with Crippen molar-refractivity contribution in [1.82, 2.24) is 4.72 Å². The zero-order valence-electron chi connectivity index (χ0n) is 11.3. The lowest BCUT2D eigenvalue weighted by Gasteiger charge is -2.30. The van der Waals surface area contributed by atoms with Crippen LogP contribution in [0.15, 0.2) is 21.6 Å². The van der Waals surface area contributed by atoms with E-state index in [-0.39, 0.29) is 16.9 Å². The molecule has 1 saturated carbocycles. The second-order valence-corrected chi connectivity index (χ2v) is 6.75. The first-order valence-electron chi connectivity index (χ1n) is 6.79. The molecule has 0 amide bonds. The number of hydrogen-bond acceptors (Lipinski definition) is 4. The SMILES string of the molecule is CCC1CCCCC1NS(=O)(=O)c1ccc(C(=O)O)o1. The molecule has 6 nitrogen and oxygen atoms in total. The summed E-state index contributed by atoms with van der Waals surface area (Å²) in [6.07, 6.45) is 4.88. The third kappa shape index (κ3) is 3.21. The smallest absolute Gasteiger partial charge is 0.371 e. The van der Waals surface area contributed by atoms with Crippen molar-refractivity contribution in [2.45, 2.75) is 50.2 Å². The van der Waals surface area contributed by atoms with E-state index in [0.717, 1.165) is 38.2 Å². The van der Waals surface area contributed by atoms with Crippen LogP contribution in [-0.2, 0) is 10.0 Å². The van der Waals surface area contributed by atoms with E-state index in [1.165, 1.54) is 6.07 Å². The molecule has 1 fully saturated rings. The highest BCUT2D eigenvalue weighted by molar-refractivity contribution is 7.89. The van der Waals surface area contributed by atoms with Gasteiger partial charge < -0.3 is 9.52 Å². The molecule has 0 aliphatic heterocycles. The number of nitrogens with one attached hydrogen (secondary N) is 1. The van der Waals surface area contributed by atoms with E-state index in [0.29, 0.717) is 5.92 Å². The Morgan fingerprint density at radius 1 is 1.40 bits per heavy atom. The lowest BCUT2D eigenvalue weighted by molar-refractivity contribution is 0.0656. The van der Waals surface area contributed by atoms with Crippen LogP contribution in [0.4, 0.5) is 0 Å². The quantitative estimate of drug-likeness (QED) is 0.869. The molecule has 1 aliphatic rings. The molecule has 0 aromatic carbocycles. The second kappa shape index (κ2) is 5.97. The van der Waals surface area contributed by atoms with Gasteiger partial charge in [-0.05, 0) is 30.9 Å². The molecule has 1 aromatic rings. The number of sulfonamides is 1. The number of aromatic carboxylic acids is 1. The summed E-state index contributed by atoms with van der Waals surface area (Å²) >= 11 is 0. The minimum Gasteiger partial charge on any atom is -0.475 e. The topological polar surface area (TPSA) is 96.6 Å². The van der Waals surface area contributed by atoms with E-state index in [1.54, 1.807) is 0 Å². The molecule has 0 saturated heterocycles. The third-order valence-electron chi connectivity index (χ3n) is 3.80. The van der Waals surface area contributed by atoms with Crippen molar-refractivity contribution in [3.05, 3.63) is 17.9 Å². The van der Waals surface area contributed by atoms with Gasteiger partial charge in [-0.1, -0.05) is 26.2 Å². The zero-order valence-corrected chi connectivity index (χ0v) is 12.1. The number of carboxylic acids is 1. The summed E-state index contributed by atoms with van der Waals surface area (Å²) in [5.74, 6) is -1.33. The Balaban J connectivity index is 2.15. The molecule has 1 aliphatic carbocycles. The Labute approximate surface area is 118 Å². The van der Waals surface area contributed by atoms with Gasteiger partial charge in [0.15, 0.2) is 0 Å². The Morgan fingerprint density at radius 2 is 2.10 bits per heavy atom. The summed E-state index contributed by atoms with van der Waals surface area (Å²) in [5.41, 5.74) is 0. The van der Waals surface area contributed by atoms with Crippen LogP contribution < -0.4 is 4.72 Å². The minimum absolute atomic E-state index is 0.0999. The van der Waals surface area contributed by atoms with Crippen molar-refractivity contribution in [2.75, 3.05) is 0 Å². The van der Waals surface area contributed by atoms with Crippen molar-refractivity contribution >= 4 is 16.0 Å². The maximum atomic E-state index is 12.2. The summed E-state index contributed by atoms with van der Waals surface area (Å²) in [6, 6.07) is 2.22. The molecule has 112 valence electrons. The molecule has 0 bridgehead atoms. The lowest BCUT2D eigenvalue weighted by atomic mass is 9.83. The summed E-state index contributed by atoms with van der Waals surface area (Å²) < 4.78 is 31.9. The largest absolute Gasteiger partial charge is 0.475 e. The van der Waals surface area contributed by atoms with Crippen molar-refractivity contribution in [3.63, 3.8) is 0 Å². The predicted octanol–water partition coefficient (Wildman–Crippen LogP) is 2.22. The fraction of sp³-hybridized carbons (Fsp3) is 0.615. The van der Waals surface area contributed by atoms with Gasteiger partial charge in [0.1, 0.15) is 0 Å². The first-order chi connectivity index (χ1) is 9.44. The molecule has 1 heterocycles. The summed E-state index contributed by atoms with van der Waals surface area (Å²) in [7, 11) is -3.80. The predicted molar refractivity (Wildman–Crippen MR) is 72.0 cm³/mol. The van der Waals surface area contributed by atoms with E-state index in [9.17, 15) is 13.2 Å². The number of furan rings is 1. The van der Waals surface area contributed by atoms with Crippen LogP contribution in [0, 0.1) is 5.92 Å².